The van der Waals surface area contributed by atoms with Gasteiger partial charge in [-0.2, -0.15) is 8.42 Å². The molecule has 7 heteroatoms. The van der Waals surface area contributed by atoms with Crippen molar-refractivity contribution in [2.45, 2.75) is 40.0 Å². The summed E-state index contributed by atoms with van der Waals surface area (Å²) in [5, 5.41) is 0. The smallest absolute Gasteiger partial charge is 1.00 e. The van der Waals surface area contributed by atoms with Crippen LogP contribution in [0.15, 0.2) is 0 Å². The van der Waals surface area contributed by atoms with E-state index in [4.69, 9.17) is 17.5 Å². The largest absolute Gasteiger partial charge is 1.00 e. The van der Waals surface area contributed by atoms with Crippen LogP contribution in [0.5, 0.6) is 0 Å². The number of Topliss-reactive ketones (excluding diaryl/α,β-unsaturated/α-hetero) is 1. The van der Waals surface area contributed by atoms with Gasteiger partial charge in [0.2, 0.25) is 0 Å². The SMILES string of the molecule is CC12CCC(CC1=O)C2(C)C.O=S(=O)(O)O.[H-].[Na+]. The van der Waals surface area contributed by atoms with Crippen LogP contribution in [0.1, 0.15) is 41.5 Å². The summed E-state index contributed by atoms with van der Waals surface area (Å²) in [4.78, 5) is 11.6. The Morgan fingerprint density at radius 2 is 1.71 bits per heavy atom. The second-order valence-electron chi connectivity index (χ2n) is 5.36. The molecule has 2 fully saturated rings. The molecule has 0 aromatic carbocycles. The first-order valence-electron chi connectivity index (χ1n) is 5.21. The molecular formula is C10H19NaO5S. The van der Waals surface area contributed by atoms with Crippen LogP contribution in [0.3, 0.4) is 0 Å². The molecular weight excluding hydrogens is 255 g/mol. The van der Waals surface area contributed by atoms with Crippen LogP contribution in [0.25, 0.3) is 0 Å². The minimum atomic E-state index is -4.67. The van der Waals surface area contributed by atoms with Crippen LogP contribution in [-0.4, -0.2) is 23.3 Å². The molecule has 2 atom stereocenters. The standard InChI is InChI=1S/C10H16O.Na.H2O4S.H/c1-9(2)7-4-5-10(9,3)8(11)6-7;;1-5(2,3)4;/h7H,4-6H2,1-3H3;;(H2,1,2,3,4);/q;+1;;-1. The number of hydrogen-bond acceptors (Lipinski definition) is 3. The van der Waals surface area contributed by atoms with Gasteiger partial charge in [-0.1, -0.05) is 20.8 Å². The first kappa shape index (κ1) is 17.5. The molecule has 0 saturated heterocycles. The quantitative estimate of drug-likeness (QED) is 0.430. The summed E-state index contributed by atoms with van der Waals surface area (Å²) in [5.74, 6) is 1.19. The van der Waals surface area contributed by atoms with Gasteiger partial charge >= 0.3 is 40.0 Å². The summed E-state index contributed by atoms with van der Waals surface area (Å²) < 4.78 is 31.6. The summed E-state index contributed by atoms with van der Waals surface area (Å²) in [6.07, 6.45) is 3.25. The average molecular weight is 274 g/mol. The summed E-state index contributed by atoms with van der Waals surface area (Å²) in [5.41, 5.74) is 0.307. The topological polar surface area (TPSA) is 91.7 Å². The van der Waals surface area contributed by atoms with Crippen LogP contribution in [0.2, 0.25) is 0 Å². The third-order valence-corrected chi connectivity index (χ3v) is 4.48. The van der Waals surface area contributed by atoms with E-state index in [1.807, 2.05) is 0 Å². The van der Waals surface area contributed by atoms with Crippen molar-refractivity contribution in [1.82, 2.24) is 0 Å². The maximum Gasteiger partial charge on any atom is 1.00 e. The summed E-state index contributed by atoms with van der Waals surface area (Å²) in [7, 11) is -4.67. The van der Waals surface area contributed by atoms with Gasteiger partial charge in [-0.15, -0.1) is 0 Å². The fourth-order valence-corrected chi connectivity index (χ4v) is 2.90. The van der Waals surface area contributed by atoms with Gasteiger partial charge in [0, 0.05) is 11.8 Å². The number of fused-ring (bicyclic) bond motifs is 2. The van der Waals surface area contributed by atoms with Crippen molar-refractivity contribution in [2.24, 2.45) is 16.7 Å². The fourth-order valence-electron chi connectivity index (χ4n) is 2.90. The Hall–Kier alpha value is 0.540. The number of carbonyl (C=O) groups excluding carboxylic acids is 1. The summed E-state index contributed by atoms with van der Waals surface area (Å²) >= 11 is 0. The first-order valence-corrected chi connectivity index (χ1v) is 6.61. The molecule has 0 amide bonds. The molecule has 2 saturated carbocycles. The van der Waals surface area contributed by atoms with Gasteiger partial charge in [0.05, 0.1) is 0 Å². The molecule has 2 bridgehead atoms. The zero-order valence-electron chi connectivity index (χ0n) is 11.7. The van der Waals surface area contributed by atoms with Crippen LogP contribution in [-0.2, 0) is 15.2 Å². The number of carbonyl (C=O) groups is 1. The molecule has 0 radical (unpaired) electrons. The molecule has 2 aliphatic carbocycles. The molecule has 0 aromatic rings. The van der Waals surface area contributed by atoms with Gasteiger partial charge in [-0.05, 0) is 24.2 Å². The molecule has 2 unspecified atom stereocenters. The molecule has 96 valence electrons. The van der Waals surface area contributed by atoms with Crippen molar-refractivity contribution in [3.63, 3.8) is 0 Å². The Bertz CT molecular complexity index is 400. The third-order valence-electron chi connectivity index (χ3n) is 4.48. The van der Waals surface area contributed by atoms with Crippen molar-refractivity contribution in [2.75, 3.05) is 0 Å². The van der Waals surface area contributed by atoms with E-state index in [9.17, 15) is 4.79 Å². The maximum atomic E-state index is 11.6. The van der Waals surface area contributed by atoms with Crippen LogP contribution in [0.4, 0.5) is 0 Å². The van der Waals surface area contributed by atoms with Crippen molar-refractivity contribution >= 4 is 16.2 Å². The third kappa shape index (κ3) is 3.52. The van der Waals surface area contributed by atoms with Gasteiger partial charge in [0.15, 0.2) is 0 Å². The molecule has 2 rings (SSSR count). The number of rotatable bonds is 0. The maximum absolute atomic E-state index is 11.6. The van der Waals surface area contributed by atoms with E-state index in [1.165, 1.54) is 6.42 Å². The van der Waals surface area contributed by atoms with Crippen molar-refractivity contribution in [1.29, 1.82) is 0 Å². The molecule has 2 N–H and O–H groups in total. The Balaban J connectivity index is 0. The number of ketones is 1. The summed E-state index contributed by atoms with van der Waals surface area (Å²) in [6, 6.07) is 0. The van der Waals surface area contributed by atoms with Crippen LogP contribution < -0.4 is 29.6 Å². The molecule has 0 aliphatic heterocycles. The second kappa shape index (κ2) is 5.27. The van der Waals surface area contributed by atoms with Gasteiger partial charge in [0.25, 0.3) is 0 Å². The molecule has 2 aliphatic rings. The van der Waals surface area contributed by atoms with E-state index >= 15 is 0 Å². The predicted octanol–water partition coefficient (Wildman–Crippen LogP) is -1.13. The zero-order chi connectivity index (χ0) is 12.8. The monoisotopic (exact) mass is 274 g/mol. The van der Waals surface area contributed by atoms with E-state index in [1.54, 1.807) is 0 Å². The van der Waals surface area contributed by atoms with E-state index in [2.05, 4.69) is 20.8 Å². The Labute approximate surface area is 126 Å². The summed E-state index contributed by atoms with van der Waals surface area (Å²) in [6.45, 7) is 6.67. The minimum absolute atomic E-state index is 0. The van der Waals surface area contributed by atoms with Crippen molar-refractivity contribution in [3.8, 4) is 0 Å². The van der Waals surface area contributed by atoms with Crippen molar-refractivity contribution < 1.29 is 53.3 Å². The first-order chi connectivity index (χ1) is 6.98. The van der Waals surface area contributed by atoms with Gasteiger partial charge < -0.3 is 1.43 Å². The number of hydrogen-bond donors (Lipinski definition) is 2. The van der Waals surface area contributed by atoms with Gasteiger partial charge in [0.1, 0.15) is 5.78 Å². The van der Waals surface area contributed by atoms with Crippen molar-refractivity contribution in [3.05, 3.63) is 0 Å². The van der Waals surface area contributed by atoms with Gasteiger partial charge in [-0.25, -0.2) is 0 Å². The molecule has 0 heterocycles. The second-order valence-corrected chi connectivity index (χ2v) is 6.26. The Morgan fingerprint density at radius 3 is 1.82 bits per heavy atom. The van der Waals surface area contributed by atoms with E-state index in [0.717, 1.165) is 12.8 Å². The van der Waals surface area contributed by atoms with Crippen LogP contribution in [0, 0.1) is 16.7 Å². The van der Waals surface area contributed by atoms with Gasteiger partial charge in [-0.3, -0.25) is 13.9 Å². The normalized spacial score (nSPS) is 33.7. The van der Waals surface area contributed by atoms with Crippen LogP contribution >= 0.6 is 0 Å². The average Bonchev–Trinajstić information content (AvgIpc) is 2.33. The zero-order valence-corrected chi connectivity index (χ0v) is 13.5. The molecule has 0 aromatic heterocycles. The Morgan fingerprint density at radius 1 is 1.29 bits per heavy atom. The van der Waals surface area contributed by atoms with E-state index < -0.39 is 10.4 Å². The van der Waals surface area contributed by atoms with E-state index in [-0.39, 0.29) is 41.8 Å². The molecule has 5 nitrogen and oxygen atoms in total. The Kier molecular flexibility index (Phi) is 5.43. The minimum Gasteiger partial charge on any atom is -1.00 e. The van der Waals surface area contributed by atoms with E-state index in [0.29, 0.717) is 11.7 Å². The fraction of sp³-hybridized carbons (Fsp3) is 0.900. The molecule has 17 heavy (non-hydrogen) atoms. The molecule has 0 spiro atoms. The predicted molar refractivity (Wildman–Crippen MR) is 59.5 cm³/mol.